The molecule has 106 valence electrons. The monoisotopic (exact) mass is 262 g/mol. The number of aliphatic hydroxyl groups is 1. The molecule has 0 bridgehead atoms. The molecule has 1 fully saturated rings. The van der Waals surface area contributed by atoms with Crippen LogP contribution in [0.4, 0.5) is 0 Å². The normalized spacial score (nSPS) is 24.9. The smallest absolute Gasteiger partial charge is 0.0522 e. The molecule has 1 aliphatic rings. The zero-order valence-corrected chi connectivity index (χ0v) is 12.3. The van der Waals surface area contributed by atoms with E-state index in [4.69, 9.17) is 5.73 Å². The molecule has 0 spiro atoms. The predicted molar refractivity (Wildman–Crippen MR) is 79.1 cm³/mol. The van der Waals surface area contributed by atoms with Crippen LogP contribution in [0.3, 0.4) is 0 Å². The third-order valence-corrected chi connectivity index (χ3v) is 4.44. The summed E-state index contributed by atoms with van der Waals surface area (Å²) in [4.78, 5) is 2.39. The average Bonchev–Trinajstić information content (AvgIpc) is 2.80. The summed E-state index contributed by atoms with van der Waals surface area (Å²) < 4.78 is 0. The molecule has 0 aliphatic carbocycles. The van der Waals surface area contributed by atoms with Gasteiger partial charge in [-0.15, -0.1) is 0 Å². The Morgan fingerprint density at radius 3 is 2.42 bits per heavy atom. The molecule has 2 rings (SSSR count). The molecule has 1 aliphatic heterocycles. The zero-order valence-electron chi connectivity index (χ0n) is 12.3. The van der Waals surface area contributed by atoms with E-state index in [0.29, 0.717) is 12.0 Å². The van der Waals surface area contributed by atoms with Gasteiger partial charge in [0.05, 0.1) is 6.61 Å². The summed E-state index contributed by atoms with van der Waals surface area (Å²) in [5, 5.41) is 9.41. The highest BCUT2D eigenvalue weighted by Gasteiger charge is 2.29. The van der Waals surface area contributed by atoms with Crippen molar-refractivity contribution in [2.75, 3.05) is 26.7 Å². The first-order valence-electron chi connectivity index (χ1n) is 7.09. The lowest BCUT2D eigenvalue weighted by atomic mass is 9.84. The van der Waals surface area contributed by atoms with E-state index in [2.05, 4.69) is 50.1 Å². The van der Waals surface area contributed by atoms with Crippen LogP contribution in [0.1, 0.15) is 37.4 Å². The Morgan fingerprint density at radius 2 is 1.95 bits per heavy atom. The molecule has 0 saturated carbocycles. The fourth-order valence-corrected chi connectivity index (χ4v) is 2.91. The topological polar surface area (TPSA) is 49.5 Å². The third kappa shape index (κ3) is 2.99. The van der Waals surface area contributed by atoms with Gasteiger partial charge < -0.3 is 10.8 Å². The third-order valence-electron chi connectivity index (χ3n) is 4.44. The van der Waals surface area contributed by atoms with Gasteiger partial charge in [0.2, 0.25) is 0 Å². The van der Waals surface area contributed by atoms with Crippen LogP contribution in [0.2, 0.25) is 0 Å². The van der Waals surface area contributed by atoms with Gasteiger partial charge >= 0.3 is 0 Å². The van der Waals surface area contributed by atoms with E-state index in [9.17, 15) is 5.11 Å². The van der Waals surface area contributed by atoms with Crippen molar-refractivity contribution in [3.63, 3.8) is 0 Å². The zero-order chi connectivity index (χ0) is 14.0. The van der Waals surface area contributed by atoms with E-state index in [1.54, 1.807) is 0 Å². The highest BCUT2D eigenvalue weighted by atomic mass is 16.3. The summed E-state index contributed by atoms with van der Waals surface area (Å²) in [5.74, 6) is 0.614. The van der Waals surface area contributed by atoms with Crippen LogP contribution in [0.25, 0.3) is 0 Å². The van der Waals surface area contributed by atoms with E-state index in [1.165, 1.54) is 11.1 Å². The summed E-state index contributed by atoms with van der Waals surface area (Å²) >= 11 is 0. The van der Waals surface area contributed by atoms with Crippen LogP contribution in [0.5, 0.6) is 0 Å². The van der Waals surface area contributed by atoms with Crippen molar-refractivity contribution in [1.29, 1.82) is 0 Å². The van der Waals surface area contributed by atoms with E-state index >= 15 is 0 Å². The van der Waals surface area contributed by atoms with Gasteiger partial charge in [0.25, 0.3) is 0 Å². The lowest BCUT2D eigenvalue weighted by molar-refractivity contribution is 0.218. The molecule has 3 heteroatoms. The number of hydrogen-bond acceptors (Lipinski definition) is 3. The van der Waals surface area contributed by atoms with Crippen LogP contribution < -0.4 is 5.73 Å². The molecule has 3 nitrogen and oxygen atoms in total. The molecule has 2 unspecified atom stereocenters. The highest BCUT2D eigenvalue weighted by molar-refractivity contribution is 5.30. The van der Waals surface area contributed by atoms with Crippen molar-refractivity contribution in [3.8, 4) is 0 Å². The van der Waals surface area contributed by atoms with Gasteiger partial charge in [-0.2, -0.15) is 0 Å². The number of aliphatic hydroxyl groups excluding tert-OH is 1. The molecule has 0 radical (unpaired) electrons. The van der Waals surface area contributed by atoms with E-state index in [-0.39, 0.29) is 12.0 Å². The van der Waals surface area contributed by atoms with Gasteiger partial charge in [0, 0.05) is 18.0 Å². The van der Waals surface area contributed by atoms with E-state index < -0.39 is 0 Å². The minimum atomic E-state index is -0.167. The molecule has 1 aromatic rings. The first kappa shape index (κ1) is 14.5. The Morgan fingerprint density at radius 1 is 1.32 bits per heavy atom. The Kier molecular flexibility index (Phi) is 4.29. The second kappa shape index (κ2) is 5.61. The first-order chi connectivity index (χ1) is 8.97. The highest BCUT2D eigenvalue weighted by Crippen LogP contribution is 2.34. The van der Waals surface area contributed by atoms with Crippen molar-refractivity contribution < 1.29 is 5.11 Å². The van der Waals surface area contributed by atoms with Crippen molar-refractivity contribution in [2.45, 2.75) is 31.7 Å². The van der Waals surface area contributed by atoms with Crippen LogP contribution in [0.15, 0.2) is 24.3 Å². The molecule has 0 amide bonds. The van der Waals surface area contributed by atoms with E-state index in [1.807, 2.05) is 0 Å². The first-order valence-corrected chi connectivity index (χ1v) is 7.09. The van der Waals surface area contributed by atoms with Gasteiger partial charge in [0.1, 0.15) is 0 Å². The molecule has 3 N–H and O–H groups in total. The molecule has 1 aromatic carbocycles. The molecule has 0 aromatic heterocycles. The van der Waals surface area contributed by atoms with Crippen molar-refractivity contribution in [3.05, 3.63) is 35.4 Å². The predicted octanol–water partition coefficient (Wildman–Crippen LogP) is 1.91. The fourth-order valence-electron chi connectivity index (χ4n) is 2.91. The van der Waals surface area contributed by atoms with Crippen molar-refractivity contribution >= 4 is 0 Å². The van der Waals surface area contributed by atoms with Crippen LogP contribution in [-0.4, -0.2) is 36.8 Å². The maximum absolute atomic E-state index is 9.41. The molecular weight excluding hydrogens is 236 g/mol. The lowest BCUT2D eigenvalue weighted by Crippen LogP contribution is -2.22. The Balaban J connectivity index is 2.15. The molecular formula is C16H26N2O. The fraction of sp³-hybridized carbons (Fsp3) is 0.625. The van der Waals surface area contributed by atoms with Gasteiger partial charge in [-0.3, -0.25) is 4.90 Å². The van der Waals surface area contributed by atoms with Crippen LogP contribution in [0, 0.1) is 5.92 Å². The molecule has 1 heterocycles. The number of nitrogens with zero attached hydrogens (tertiary/aromatic N) is 1. The van der Waals surface area contributed by atoms with Crippen LogP contribution in [-0.2, 0) is 5.41 Å². The van der Waals surface area contributed by atoms with Gasteiger partial charge in [-0.05, 0) is 37.1 Å². The minimum absolute atomic E-state index is 0.167. The molecule has 19 heavy (non-hydrogen) atoms. The standard InChI is InChI=1S/C16H26N2O/c1-16(2,11-19)14-6-4-13(5-7-14)15-8-12(9-17)10-18(15)3/h4-7,12,15,19H,8-11,17H2,1-3H3. The van der Waals surface area contributed by atoms with Gasteiger partial charge in [-0.25, -0.2) is 0 Å². The van der Waals surface area contributed by atoms with Crippen molar-refractivity contribution in [1.82, 2.24) is 4.90 Å². The lowest BCUT2D eigenvalue weighted by Gasteiger charge is -2.24. The molecule has 2 atom stereocenters. The van der Waals surface area contributed by atoms with Crippen LogP contribution >= 0.6 is 0 Å². The number of likely N-dealkylation sites (tertiary alicyclic amines) is 1. The summed E-state index contributed by atoms with van der Waals surface area (Å²) in [6, 6.07) is 9.18. The molecule has 1 saturated heterocycles. The summed E-state index contributed by atoms with van der Waals surface area (Å²) in [5.41, 5.74) is 8.16. The maximum atomic E-state index is 9.41. The summed E-state index contributed by atoms with van der Waals surface area (Å²) in [6.45, 7) is 6.16. The second-order valence-electron chi connectivity index (χ2n) is 6.46. The number of hydrogen-bond donors (Lipinski definition) is 2. The summed E-state index contributed by atoms with van der Waals surface area (Å²) in [6.07, 6.45) is 1.15. The van der Waals surface area contributed by atoms with Gasteiger partial charge in [0.15, 0.2) is 0 Å². The number of benzene rings is 1. The SMILES string of the molecule is CN1CC(CN)CC1c1ccc(C(C)(C)CO)cc1. The number of rotatable bonds is 4. The van der Waals surface area contributed by atoms with Gasteiger partial charge in [-0.1, -0.05) is 38.1 Å². The Bertz CT molecular complexity index is 413. The van der Waals surface area contributed by atoms with E-state index in [0.717, 1.165) is 19.5 Å². The maximum Gasteiger partial charge on any atom is 0.0522 e. The minimum Gasteiger partial charge on any atom is -0.395 e. The Hall–Kier alpha value is -0.900. The summed E-state index contributed by atoms with van der Waals surface area (Å²) in [7, 11) is 2.17. The average molecular weight is 262 g/mol. The van der Waals surface area contributed by atoms with Crippen molar-refractivity contribution in [2.24, 2.45) is 11.7 Å². The quantitative estimate of drug-likeness (QED) is 0.871. The largest absolute Gasteiger partial charge is 0.395 e. The second-order valence-corrected chi connectivity index (χ2v) is 6.46. The number of nitrogens with two attached hydrogens (primary N) is 1. The Labute approximate surface area is 116 Å².